The van der Waals surface area contributed by atoms with Crippen molar-refractivity contribution in [2.45, 2.75) is 30.2 Å². The number of aliphatic hydroxyl groups excluding tert-OH is 1. The van der Waals surface area contributed by atoms with Gasteiger partial charge in [-0.1, -0.05) is 0 Å². The second kappa shape index (κ2) is 5.72. The van der Waals surface area contributed by atoms with E-state index in [1.807, 2.05) is 11.3 Å². The maximum atomic E-state index is 13.3. The molecule has 132 valence electrons. The van der Waals surface area contributed by atoms with Crippen molar-refractivity contribution in [2.24, 2.45) is 0 Å². The number of hydrogen-bond acceptors (Lipinski definition) is 3. The first-order valence-corrected chi connectivity index (χ1v) is 4.67. The van der Waals surface area contributed by atoms with Crippen molar-refractivity contribution in [1.82, 2.24) is 0 Å². The molecule has 0 aliphatic carbocycles. The van der Waals surface area contributed by atoms with Gasteiger partial charge in [0.2, 0.25) is 0 Å². The number of halogens is 11. The van der Waals surface area contributed by atoms with E-state index < -0.39 is 42.8 Å². The average molecular weight is 358 g/mol. The SMILES string of the molecule is C=C(F)OC(F)(F)C(F)(OC(F)(F)C(F)(F)CO)C(F)(F)F. The summed E-state index contributed by atoms with van der Waals surface area (Å²) in [5.74, 6) is -12.8. The highest BCUT2D eigenvalue weighted by atomic mass is 19.4. The first kappa shape index (κ1) is 20.7. The van der Waals surface area contributed by atoms with Gasteiger partial charge in [-0.3, -0.25) is 4.74 Å². The van der Waals surface area contributed by atoms with Crippen molar-refractivity contribution in [3.8, 4) is 0 Å². The minimum atomic E-state index is -7.07. The normalized spacial score (nSPS) is 17.1. The van der Waals surface area contributed by atoms with E-state index in [-0.39, 0.29) is 0 Å². The molecule has 0 saturated carbocycles. The fraction of sp³-hybridized carbons (Fsp3) is 0.750. The summed E-state index contributed by atoms with van der Waals surface area (Å²) in [5, 5.41) is 7.87. The Morgan fingerprint density at radius 1 is 0.864 bits per heavy atom. The molecular weight excluding hydrogens is 353 g/mol. The quantitative estimate of drug-likeness (QED) is 0.559. The molecule has 0 heterocycles. The van der Waals surface area contributed by atoms with Gasteiger partial charge < -0.3 is 9.84 Å². The zero-order chi connectivity index (χ0) is 18.2. The fourth-order valence-electron chi connectivity index (χ4n) is 0.830. The van der Waals surface area contributed by atoms with E-state index in [9.17, 15) is 48.3 Å². The monoisotopic (exact) mass is 358 g/mol. The molecule has 22 heavy (non-hydrogen) atoms. The smallest absolute Gasteiger partial charge is 0.402 e. The maximum Gasteiger partial charge on any atom is 0.471 e. The number of rotatable bonds is 7. The maximum absolute atomic E-state index is 13.3. The molecule has 0 saturated heterocycles. The molecule has 0 radical (unpaired) electrons. The van der Waals surface area contributed by atoms with Crippen molar-refractivity contribution in [3.05, 3.63) is 12.6 Å². The molecule has 0 spiro atoms. The van der Waals surface area contributed by atoms with Gasteiger partial charge in [0.15, 0.2) is 0 Å². The summed E-state index contributed by atoms with van der Waals surface area (Å²) in [4.78, 5) is 0. The number of ether oxygens (including phenoxy) is 2. The van der Waals surface area contributed by atoms with Crippen LogP contribution in [0.3, 0.4) is 0 Å². The van der Waals surface area contributed by atoms with Crippen LogP contribution in [0.15, 0.2) is 12.6 Å². The molecule has 14 heteroatoms. The van der Waals surface area contributed by atoms with Crippen LogP contribution in [0.2, 0.25) is 0 Å². The fourth-order valence-corrected chi connectivity index (χ4v) is 0.830. The topological polar surface area (TPSA) is 38.7 Å². The summed E-state index contributed by atoms with van der Waals surface area (Å²) in [6, 6.07) is -2.75. The predicted molar refractivity (Wildman–Crippen MR) is 44.2 cm³/mol. The molecule has 0 aromatic carbocycles. The van der Waals surface area contributed by atoms with Crippen LogP contribution in [-0.2, 0) is 9.47 Å². The van der Waals surface area contributed by atoms with Crippen molar-refractivity contribution < 1.29 is 62.9 Å². The van der Waals surface area contributed by atoms with Crippen LogP contribution in [0.4, 0.5) is 48.3 Å². The van der Waals surface area contributed by atoms with Crippen LogP contribution in [0.25, 0.3) is 0 Å². The molecule has 3 nitrogen and oxygen atoms in total. The molecule has 0 aliphatic heterocycles. The van der Waals surface area contributed by atoms with Gasteiger partial charge in [-0.2, -0.15) is 48.3 Å². The standard InChI is InChI=1S/C8H5F11O3/c1-3(9)21-8(18,19)5(12,6(13,14)15)22-7(16,17)4(10,11)2-20/h20H,1-2H2. The highest BCUT2D eigenvalue weighted by Gasteiger charge is 2.80. The lowest BCUT2D eigenvalue weighted by molar-refractivity contribution is -0.517. The summed E-state index contributed by atoms with van der Waals surface area (Å²) in [6.07, 6.45) is -20.2. The zero-order valence-electron chi connectivity index (χ0n) is 9.84. The lowest BCUT2D eigenvalue weighted by Crippen LogP contribution is -2.63. The van der Waals surface area contributed by atoms with Crippen molar-refractivity contribution >= 4 is 0 Å². The Morgan fingerprint density at radius 2 is 1.27 bits per heavy atom. The Balaban J connectivity index is 5.92. The Labute approximate surface area is 113 Å². The molecule has 0 amide bonds. The Hall–Kier alpha value is -1.31. The Bertz CT molecular complexity index is 418. The summed E-state index contributed by atoms with van der Waals surface area (Å²) in [7, 11) is 0. The summed E-state index contributed by atoms with van der Waals surface area (Å²) < 4.78 is 142. The zero-order valence-corrected chi connectivity index (χ0v) is 9.84. The van der Waals surface area contributed by atoms with E-state index in [0.717, 1.165) is 0 Å². The molecule has 0 aromatic heterocycles. The van der Waals surface area contributed by atoms with E-state index >= 15 is 0 Å². The minimum absolute atomic E-state index is 1.86. The number of alkyl halides is 10. The second-order valence-corrected chi connectivity index (χ2v) is 3.55. The third kappa shape index (κ3) is 3.71. The largest absolute Gasteiger partial charge is 0.471 e. The lowest BCUT2D eigenvalue weighted by atomic mass is 10.2. The van der Waals surface area contributed by atoms with Gasteiger partial charge in [-0.15, -0.1) is 0 Å². The van der Waals surface area contributed by atoms with E-state index in [4.69, 9.17) is 5.11 Å². The Morgan fingerprint density at radius 3 is 1.55 bits per heavy atom. The predicted octanol–water partition coefficient (Wildman–Crippen LogP) is 3.50. The van der Waals surface area contributed by atoms with Gasteiger partial charge in [-0.25, -0.2) is 0 Å². The molecule has 0 bridgehead atoms. The second-order valence-electron chi connectivity index (χ2n) is 3.55. The molecule has 1 N–H and O–H groups in total. The first-order chi connectivity index (χ1) is 9.43. The summed E-state index contributed by atoms with van der Waals surface area (Å²) >= 11 is 0. The van der Waals surface area contributed by atoms with Crippen LogP contribution in [-0.4, -0.2) is 41.9 Å². The van der Waals surface area contributed by atoms with Crippen LogP contribution in [0.5, 0.6) is 0 Å². The van der Waals surface area contributed by atoms with E-state index in [1.165, 1.54) is 0 Å². The van der Waals surface area contributed by atoms with Crippen LogP contribution >= 0.6 is 0 Å². The number of aliphatic hydroxyl groups is 1. The van der Waals surface area contributed by atoms with Gasteiger partial charge in [0.05, 0.1) is 0 Å². The summed E-state index contributed by atoms with van der Waals surface area (Å²) in [6.45, 7) is -1.02. The summed E-state index contributed by atoms with van der Waals surface area (Å²) in [5.41, 5.74) is 0. The minimum Gasteiger partial charge on any atom is -0.402 e. The molecule has 0 fully saturated rings. The molecule has 1 unspecified atom stereocenters. The first-order valence-electron chi connectivity index (χ1n) is 4.67. The van der Waals surface area contributed by atoms with Gasteiger partial charge in [0.25, 0.3) is 6.01 Å². The van der Waals surface area contributed by atoms with Gasteiger partial charge in [0.1, 0.15) is 6.61 Å². The van der Waals surface area contributed by atoms with Crippen LogP contribution in [0, 0.1) is 0 Å². The van der Waals surface area contributed by atoms with E-state index in [0.29, 0.717) is 0 Å². The van der Waals surface area contributed by atoms with E-state index in [2.05, 4.69) is 4.74 Å². The lowest BCUT2D eigenvalue weighted by Gasteiger charge is -2.36. The third-order valence-corrected chi connectivity index (χ3v) is 1.87. The van der Waals surface area contributed by atoms with Crippen molar-refractivity contribution in [1.29, 1.82) is 0 Å². The molecular formula is C8H5F11O3. The molecule has 0 aliphatic rings. The van der Waals surface area contributed by atoms with Crippen molar-refractivity contribution in [2.75, 3.05) is 6.61 Å². The highest BCUT2D eigenvalue weighted by Crippen LogP contribution is 2.52. The van der Waals surface area contributed by atoms with Crippen molar-refractivity contribution in [3.63, 3.8) is 0 Å². The molecule has 1 atom stereocenters. The number of hydrogen-bond donors (Lipinski definition) is 1. The van der Waals surface area contributed by atoms with Gasteiger partial charge in [-0.05, 0) is 6.58 Å². The van der Waals surface area contributed by atoms with Crippen LogP contribution < -0.4 is 0 Å². The van der Waals surface area contributed by atoms with E-state index in [1.54, 1.807) is 0 Å². The van der Waals surface area contributed by atoms with Gasteiger partial charge >= 0.3 is 30.2 Å². The molecule has 0 rings (SSSR count). The average Bonchev–Trinajstić information content (AvgIpc) is 2.24. The Kier molecular flexibility index (Phi) is 5.38. The molecule has 0 aromatic rings. The van der Waals surface area contributed by atoms with Crippen LogP contribution in [0.1, 0.15) is 0 Å². The highest BCUT2D eigenvalue weighted by molar-refractivity contribution is 4.92. The third-order valence-electron chi connectivity index (χ3n) is 1.87. The van der Waals surface area contributed by atoms with Gasteiger partial charge in [0, 0.05) is 0 Å².